The van der Waals surface area contributed by atoms with Crippen molar-refractivity contribution in [3.63, 3.8) is 0 Å². The molecule has 0 aliphatic carbocycles. The van der Waals surface area contributed by atoms with E-state index in [-0.39, 0.29) is 18.4 Å². The number of halogens is 1. The molecule has 1 heterocycles. The maximum Gasteiger partial charge on any atom is 0.262 e. The lowest BCUT2D eigenvalue weighted by atomic mass is 10.1. The number of carbonyl (C=O) groups excluding carboxylic acids is 2. The zero-order valence-corrected chi connectivity index (χ0v) is 13.7. The fourth-order valence-corrected chi connectivity index (χ4v) is 2.43. The summed E-state index contributed by atoms with van der Waals surface area (Å²) in [6, 6.07) is 12.4. The van der Waals surface area contributed by atoms with Crippen molar-refractivity contribution in [2.24, 2.45) is 0 Å². The summed E-state index contributed by atoms with van der Waals surface area (Å²) in [5, 5.41) is 6.16. The Hall–Kier alpha value is -2.79. The van der Waals surface area contributed by atoms with E-state index in [0.29, 0.717) is 27.7 Å². The van der Waals surface area contributed by atoms with E-state index in [1.165, 1.54) is 0 Å². The monoisotopic (exact) mass is 342 g/mol. The maximum absolute atomic E-state index is 12.4. The van der Waals surface area contributed by atoms with Crippen molar-refractivity contribution in [1.82, 2.24) is 0 Å². The summed E-state index contributed by atoms with van der Waals surface area (Å²) < 4.78 is 5.42. The largest absolute Gasteiger partial charge is 0.479 e. The summed E-state index contributed by atoms with van der Waals surface area (Å²) in [5.41, 5.74) is 2.48. The number of anilines is 2. The normalized spacial score (nSPS) is 13.6. The minimum Gasteiger partial charge on any atom is -0.479 e. The van der Waals surface area contributed by atoms with Gasteiger partial charge in [-0.25, -0.2) is 0 Å². The van der Waals surface area contributed by atoms with Gasteiger partial charge >= 0.3 is 0 Å². The first kappa shape index (κ1) is 16.1. The molecule has 0 saturated heterocycles. The van der Waals surface area contributed by atoms with E-state index in [9.17, 15) is 9.59 Å². The number of ether oxygens (including phenoxy) is 1. The fraction of sp³-hybridized carbons (Fsp3) is 0.111. The molecule has 0 saturated carbocycles. The van der Waals surface area contributed by atoms with Crippen LogP contribution in [0.2, 0.25) is 5.02 Å². The number of amides is 2. The van der Waals surface area contributed by atoms with Crippen LogP contribution in [0.4, 0.5) is 11.4 Å². The highest BCUT2D eigenvalue weighted by molar-refractivity contribution is 6.30. The SMILES string of the molecule is C/C(=C\c1ccc(Cl)cc1)C(=O)Nc1cccc2c1OCC(=O)N2. The molecule has 1 aliphatic rings. The van der Waals surface area contributed by atoms with Gasteiger partial charge in [0.25, 0.3) is 11.8 Å². The van der Waals surface area contributed by atoms with E-state index in [4.69, 9.17) is 16.3 Å². The van der Waals surface area contributed by atoms with Gasteiger partial charge in [0.05, 0.1) is 11.4 Å². The van der Waals surface area contributed by atoms with E-state index in [1.54, 1.807) is 43.3 Å². The van der Waals surface area contributed by atoms with Crippen molar-refractivity contribution in [2.75, 3.05) is 17.2 Å². The molecule has 0 unspecified atom stereocenters. The van der Waals surface area contributed by atoms with Gasteiger partial charge in [-0.05, 0) is 42.8 Å². The average Bonchev–Trinajstić information content (AvgIpc) is 2.56. The van der Waals surface area contributed by atoms with E-state index < -0.39 is 0 Å². The van der Waals surface area contributed by atoms with Crippen molar-refractivity contribution in [3.05, 3.63) is 58.6 Å². The Balaban J connectivity index is 1.79. The molecule has 0 bridgehead atoms. The molecule has 2 aromatic carbocycles. The van der Waals surface area contributed by atoms with Gasteiger partial charge in [-0.2, -0.15) is 0 Å². The minimum absolute atomic E-state index is 0.0700. The van der Waals surface area contributed by atoms with Crippen molar-refractivity contribution < 1.29 is 14.3 Å². The molecule has 5 nitrogen and oxygen atoms in total. The first-order valence-corrected chi connectivity index (χ1v) is 7.71. The molecule has 0 aromatic heterocycles. The zero-order valence-electron chi connectivity index (χ0n) is 12.9. The van der Waals surface area contributed by atoms with E-state index in [0.717, 1.165) is 5.56 Å². The molecule has 2 amide bonds. The molecule has 0 fully saturated rings. The first-order chi connectivity index (χ1) is 11.5. The molecule has 1 aliphatic heterocycles. The van der Waals surface area contributed by atoms with Crippen LogP contribution in [0.15, 0.2) is 48.0 Å². The predicted molar refractivity (Wildman–Crippen MR) is 94.3 cm³/mol. The number of para-hydroxylation sites is 1. The Morgan fingerprint density at radius 3 is 2.75 bits per heavy atom. The van der Waals surface area contributed by atoms with Crippen LogP contribution in [-0.4, -0.2) is 18.4 Å². The highest BCUT2D eigenvalue weighted by Gasteiger charge is 2.20. The van der Waals surface area contributed by atoms with Crippen molar-refractivity contribution >= 4 is 40.9 Å². The van der Waals surface area contributed by atoms with Crippen LogP contribution in [0.5, 0.6) is 5.75 Å². The molecule has 3 rings (SSSR count). The van der Waals surface area contributed by atoms with Crippen LogP contribution in [0.3, 0.4) is 0 Å². The summed E-state index contributed by atoms with van der Waals surface area (Å²) in [6.07, 6.45) is 1.77. The molecule has 2 aromatic rings. The van der Waals surface area contributed by atoms with Crippen LogP contribution in [0, 0.1) is 0 Å². The van der Waals surface area contributed by atoms with Gasteiger partial charge in [0.1, 0.15) is 0 Å². The summed E-state index contributed by atoms with van der Waals surface area (Å²) in [6.45, 7) is 1.65. The lowest BCUT2D eigenvalue weighted by Crippen LogP contribution is -2.26. The van der Waals surface area contributed by atoms with Crippen molar-refractivity contribution in [2.45, 2.75) is 6.92 Å². The summed E-state index contributed by atoms with van der Waals surface area (Å²) >= 11 is 5.85. The Morgan fingerprint density at radius 1 is 1.25 bits per heavy atom. The van der Waals surface area contributed by atoms with E-state index >= 15 is 0 Å². The van der Waals surface area contributed by atoms with Crippen molar-refractivity contribution in [1.29, 1.82) is 0 Å². The second-order valence-electron chi connectivity index (χ2n) is 5.35. The molecule has 0 atom stereocenters. The number of rotatable bonds is 3. The smallest absolute Gasteiger partial charge is 0.262 e. The van der Waals surface area contributed by atoms with Gasteiger partial charge in [-0.3, -0.25) is 9.59 Å². The quantitative estimate of drug-likeness (QED) is 0.835. The van der Waals surface area contributed by atoms with Gasteiger partial charge in [0.2, 0.25) is 0 Å². The number of hydrogen-bond acceptors (Lipinski definition) is 3. The van der Waals surface area contributed by atoms with Gasteiger partial charge in [0.15, 0.2) is 12.4 Å². The van der Waals surface area contributed by atoms with E-state index in [2.05, 4.69) is 10.6 Å². The summed E-state index contributed by atoms with van der Waals surface area (Å²) in [5.74, 6) is -0.00613. The maximum atomic E-state index is 12.4. The number of hydrogen-bond donors (Lipinski definition) is 2. The predicted octanol–water partition coefficient (Wildman–Crippen LogP) is 3.71. The molecule has 24 heavy (non-hydrogen) atoms. The highest BCUT2D eigenvalue weighted by atomic mass is 35.5. The molecule has 122 valence electrons. The summed E-state index contributed by atoms with van der Waals surface area (Å²) in [4.78, 5) is 23.7. The number of fused-ring (bicyclic) bond motifs is 1. The number of carbonyl (C=O) groups is 2. The fourth-order valence-electron chi connectivity index (χ4n) is 2.31. The minimum atomic E-state index is -0.251. The lowest BCUT2D eigenvalue weighted by Gasteiger charge is -2.20. The molecule has 0 spiro atoms. The van der Waals surface area contributed by atoms with Crippen LogP contribution < -0.4 is 15.4 Å². The van der Waals surface area contributed by atoms with Gasteiger partial charge in [-0.1, -0.05) is 29.8 Å². The topological polar surface area (TPSA) is 67.4 Å². The van der Waals surface area contributed by atoms with Crippen LogP contribution in [0.25, 0.3) is 6.08 Å². The third kappa shape index (κ3) is 3.58. The van der Waals surface area contributed by atoms with Gasteiger partial charge in [0, 0.05) is 10.6 Å². The first-order valence-electron chi connectivity index (χ1n) is 7.34. The van der Waals surface area contributed by atoms with Crippen LogP contribution in [-0.2, 0) is 9.59 Å². The van der Waals surface area contributed by atoms with Gasteiger partial charge in [-0.15, -0.1) is 0 Å². The summed E-state index contributed by atoms with van der Waals surface area (Å²) in [7, 11) is 0. The Kier molecular flexibility index (Phi) is 4.53. The highest BCUT2D eigenvalue weighted by Crippen LogP contribution is 2.35. The zero-order chi connectivity index (χ0) is 17.1. The lowest BCUT2D eigenvalue weighted by molar-refractivity contribution is -0.118. The van der Waals surface area contributed by atoms with Gasteiger partial charge < -0.3 is 15.4 Å². The van der Waals surface area contributed by atoms with Crippen LogP contribution in [0.1, 0.15) is 12.5 Å². The van der Waals surface area contributed by atoms with Crippen molar-refractivity contribution in [3.8, 4) is 5.75 Å². The molecule has 6 heteroatoms. The third-order valence-electron chi connectivity index (χ3n) is 3.50. The molecular formula is C18H15ClN2O3. The number of nitrogens with one attached hydrogen (secondary N) is 2. The average molecular weight is 343 g/mol. The Morgan fingerprint density at radius 2 is 2.00 bits per heavy atom. The molecule has 2 N–H and O–H groups in total. The molecular weight excluding hydrogens is 328 g/mol. The Bertz CT molecular complexity index is 829. The second-order valence-corrected chi connectivity index (χ2v) is 5.79. The second kappa shape index (κ2) is 6.76. The standard InChI is InChI=1S/C18H15ClN2O3/c1-11(9-12-5-7-13(19)8-6-12)18(23)21-15-4-2-3-14-17(15)24-10-16(22)20-14/h2-9H,10H2,1H3,(H,20,22)(H,21,23)/b11-9+. The number of benzene rings is 2. The van der Waals surface area contributed by atoms with E-state index in [1.807, 2.05) is 12.1 Å². The van der Waals surface area contributed by atoms with Crippen LogP contribution >= 0.6 is 11.6 Å². The third-order valence-corrected chi connectivity index (χ3v) is 3.75. The molecule has 0 radical (unpaired) electrons. The Labute approximate surface area is 144 Å².